The number of carboxylic acid groups (broad SMARTS) is 1. The monoisotopic (exact) mass is 219 g/mol. The Morgan fingerprint density at radius 3 is 2.75 bits per heavy atom. The molecule has 0 aliphatic rings. The SMILES string of the molecule is CC(=O)c1c[nH]c2ccc(OC(=O)O)cc12. The Kier molecular flexibility index (Phi) is 2.36. The molecule has 2 aromatic rings. The summed E-state index contributed by atoms with van der Waals surface area (Å²) < 4.78 is 4.52. The first kappa shape index (κ1) is 10.2. The van der Waals surface area contributed by atoms with Crippen LogP contribution in [0, 0.1) is 0 Å². The summed E-state index contributed by atoms with van der Waals surface area (Å²) in [4.78, 5) is 24.6. The van der Waals surface area contributed by atoms with E-state index in [0.717, 1.165) is 5.52 Å². The highest BCUT2D eigenvalue weighted by atomic mass is 16.7. The van der Waals surface area contributed by atoms with Crippen LogP contribution in [0.15, 0.2) is 24.4 Å². The van der Waals surface area contributed by atoms with Gasteiger partial charge in [-0.15, -0.1) is 0 Å². The maximum atomic E-state index is 11.3. The van der Waals surface area contributed by atoms with Gasteiger partial charge in [-0.05, 0) is 25.1 Å². The normalized spacial score (nSPS) is 10.3. The summed E-state index contributed by atoms with van der Waals surface area (Å²) in [5, 5.41) is 9.13. The molecule has 5 nitrogen and oxygen atoms in total. The number of aromatic nitrogens is 1. The Balaban J connectivity index is 2.54. The van der Waals surface area contributed by atoms with Crippen LogP contribution >= 0.6 is 0 Å². The first-order chi connectivity index (χ1) is 7.58. The van der Waals surface area contributed by atoms with E-state index in [1.807, 2.05) is 0 Å². The maximum Gasteiger partial charge on any atom is 0.511 e. The van der Waals surface area contributed by atoms with Gasteiger partial charge in [-0.2, -0.15) is 0 Å². The van der Waals surface area contributed by atoms with E-state index >= 15 is 0 Å². The number of benzene rings is 1. The zero-order chi connectivity index (χ0) is 11.7. The van der Waals surface area contributed by atoms with Gasteiger partial charge in [0.15, 0.2) is 5.78 Å². The number of rotatable bonds is 2. The molecule has 0 amide bonds. The third-order valence-electron chi connectivity index (χ3n) is 2.24. The topological polar surface area (TPSA) is 79.4 Å². The molecular formula is C11H9NO4. The second-order valence-corrected chi connectivity index (χ2v) is 3.33. The number of Topliss-reactive ketones (excluding diaryl/α,β-unsaturated/α-hetero) is 1. The number of ether oxygens (including phenoxy) is 1. The Morgan fingerprint density at radius 2 is 2.12 bits per heavy atom. The molecule has 0 aliphatic heterocycles. The Bertz CT molecular complexity index is 570. The molecule has 1 aromatic heterocycles. The minimum atomic E-state index is -1.38. The van der Waals surface area contributed by atoms with Gasteiger partial charge in [0.2, 0.25) is 0 Å². The van der Waals surface area contributed by atoms with Crippen molar-refractivity contribution in [1.82, 2.24) is 4.98 Å². The zero-order valence-electron chi connectivity index (χ0n) is 8.48. The van der Waals surface area contributed by atoms with Crippen LogP contribution in [0.3, 0.4) is 0 Å². The molecule has 5 heteroatoms. The van der Waals surface area contributed by atoms with Crippen molar-refractivity contribution >= 4 is 22.8 Å². The molecule has 0 bridgehead atoms. The van der Waals surface area contributed by atoms with Crippen LogP contribution < -0.4 is 4.74 Å². The Morgan fingerprint density at radius 1 is 1.38 bits per heavy atom. The van der Waals surface area contributed by atoms with Crippen molar-refractivity contribution in [3.8, 4) is 5.75 Å². The first-order valence-corrected chi connectivity index (χ1v) is 4.61. The lowest BCUT2D eigenvalue weighted by atomic mass is 10.1. The smallest absolute Gasteiger partial charge is 0.449 e. The fourth-order valence-corrected chi connectivity index (χ4v) is 1.56. The second-order valence-electron chi connectivity index (χ2n) is 3.33. The number of H-pyrrole nitrogens is 1. The standard InChI is InChI=1S/C11H9NO4/c1-6(13)9-5-12-10-3-2-7(4-8(9)10)16-11(14)15/h2-5,12H,1H3,(H,14,15). The summed E-state index contributed by atoms with van der Waals surface area (Å²) >= 11 is 0. The van der Waals surface area contributed by atoms with E-state index in [-0.39, 0.29) is 11.5 Å². The zero-order valence-corrected chi connectivity index (χ0v) is 8.48. The highest BCUT2D eigenvalue weighted by molar-refractivity contribution is 6.07. The molecule has 16 heavy (non-hydrogen) atoms. The van der Waals surface area contributed by atoms with Gasteiger partial charge in [0.25, 0.3) is 0 Å². The molecule has 0 atom stereocenters. The minimum absolute atomic E-state index is 0.0845. The number of aromatic amines is 1. The molecule has 2 N–H and O–H groups in total. The van der Waals surface area contributed by atoms with E-state index in [9.17, 15) is 9.59 Å². The minimum Gasteiger partial charge on any atom is -0.449 e. The Labute approximate surface area is 90.6 Å². The van der Waals surface area contributed by atoms with E-state index < -0.39 is 6.16 Å². The molecule has 82 valence electrons. The molecule has 0 spiro atoms. The Hall–Kier alpha value is -2.30. The van der Waals surface area contributed by atoms with E-state index in [2.05, 4.69) is 9.72 Å². The van der Waals surface area contributed by atoms with Gasteiger partial charge in [-0.1, -0.05) is 0 Å². The molecule has 0 fully saturated rings. The van der Waals surface area contributed by atoms with Crippen molar-refractivity contribution in [1.29, 1.82) is 0 Å². The number of carbonyl (C=O) groups excluding carboxylic acids is 1. The predicted molar refractivity (Wildman–Crippen MR) is 57.0 cm³/mol. The maximum absolute atomic E-state index is 11.3. The average Bonchev–Trinajstić information content (AvgIpc) is 2.59. The number of hydrogen-bond acceptors (Lipinski definition) is 3. The third kappa shape index (κ3) is 1.75. The lowest BCUT2D eigenvalue weighted by Crippen LogP contribution is -2.02. The number of hydrogen-bond donors (Lipinski definition) is 2. The van der Waals surface area contributed by atoms with Crippen molar-refractivity contribution in [3.05, 3.63) is 30.0 Å². The number of nitrogens with one attached hydrogen (secondary N) is 1. The van der Waals surface area contributed by atoms with Crippen molar-refractivity contribution in [3.63, 3.8) is 0 Å². The van der Waals surface area contributed by atoms with Crippen molar-refractivity contribution < 1.29 is 19.4 Å². The van der Waals surface area contributed by atoms with Gasteiger partial charge >= 0.3 is 6.16 Å². The van der Waals surface area contributed by atoms with E-state index in [0.29, 0.717) is 10.9 Å². The summed E-state index contributed by atoms with van der Waals surface area (Å²) in [5.41, 5.74) is 1.29. The molecule has 0 saturated heterocycles. The molecule has 0 unspecified atom stereocenters. The molecule has 0 saturated carbocycles. The molecule has 0 aliphatic carbocycles. The van der Waals surface area contributed by atoms with Gasteiger partial charge < -0.3 is 14.8 Å². The molecular weight excluding hydrogens is 210 g/mol. The van der Waals surface area contributed by atoms with E-state index in [1.165, 1.54) is 19.1 Å². The van der Waals surface area contributed by atoms with Gasteiger partial charge in [-0.25, -0.2) is 4.79 Å². The second kappa shape index (κ2) is 3.69. The van der Waals surface area contributed by atoms with Crippen LogP contribution in [0.25, 0.3) is 10.9 Å². The summed E-state index contributed by atoms with van der Waals surface area (Å²) in [7, 11) is 0. The van der Waals surface area contributed by atoms with E-state index in [1.54, 1.807) is 12.3 Å². The van der Waals surface area contributed by atoms with Crippen LogP contribution in [0.1, 0.15) is 17.3 Å². The van der Waals surface area contributed by atoms with Gasteiger partial charge in [0.1, 0.15) is 5.75 Å². The molecule has 1 aromatic carbocycles. The van der Waals surface area contributed by atoms with Crippen LogP contribution in [-0.2, 0) is 0 Å². The number of ketones is 1. The van der Waals surface area contributed by atoms with Crippen molar-refractivity contribution in [2.24, 2.45) is 0 Å². The lowest BCUT2D eigenvalue weighted by Gasteiger charge is -2.00. The predicted octanol–water partition coefficient (Wildman–Crippen LogP) is 2.43. The lowest BCUT2D eigenvalue weighted by molar-refractivity contribution is 0.101. The highest BCUT2D eigenvalue weighted by Gasteiger charge is 2.09. The van der Waals surface area contributed by atoms with Gasteiger partial charge in [-0.3, -0.25) is 4.79 Å². The molecule has 2 rings (SSSR count). The molecule has 0 radical (unpaired) electrons. The largest absolute Gasteiger partial charge is 0.511 e. The summed E-state index contributed by atoms with van der Waals surface area (Å²) in [6.45, 7) is 1.45. The first-order valence-electron chi connectivity index (χ1n) is 4.61. The number of fused-ring (bicyclic) bond motifs is 1. The molecule has 1 heterocycles. The van der Waals surface area contributed by atoms with Gasteiger partial charge in [0.05, 0.1) is 0 Å². The summed E-state index contributed by atoms with van der Waals surface area (Å²) in [5.74, 6) is 0.112. The van der Waals surface area contributed by atoms with Crippen LogP contribution in [0.2, 0.25) is 0 Å². The third-order valence-corrected chi connectivity index (χ3v) is 2.24. The van der Waals surface area contributed by atoms with Crippen molar-refractivity contribution in [2.45, 2.75) is 6.92 Å². The average molecular weight is 219 g/mol. The highest BCUT2D eigenvalue weighted by Crippen LogP contribution is 2.24. The fraction of sp³-hybridized carbons (Fsp3) is 0.0909. The van der Waals surface area contributed by atoms with Crippen LogP contribution in [0.5, 0.6) is 5.75 Å². The number of carbonyl (C=O) groups is 2. The quantitative estimate of drug-likeness (QED) is 0.461. The fourth-order valence-electron chi connectivity index (χ4n) is 1.56. The summed E-state index contributed by atoms with van der Waals surface area (Å²) in [6, 6.07) is 4.72. The van der Waals surface area contributed by atoms with E-state index in [4.69, 9.17) is 5.11 Å². The summed E-state index contributed by atoms with van der Waals surface area (Å²) in [6.07, 6.45) is 0.219. The van der Waals surface area contributed by atoms with Crippen molar-refractivity contribution in [2.75, 3.05) is 0 Å². The van der Waals surface area contributed by atoms with Gasteiger partial charge in [0, 0.05) is 22.7 Å². The van der Waals surface area contributed by atoms with Crippen LogP contribution in [-0.4, -0.2) is 22.0 Å². The van der Waals surface area contributed by atoms with Crippen LogP contribution in [0.4, 0.5) is 4.79 Å².